The third-order valence-electron chi connectivity index (χ3n) is 6.01. The summed E-state index contributed by atoms with van der Waals surface area (Å²) in [6.07, 6.45) is -0.978. The number of methoxy groups -OCH3 is 1. The molecule has 0 aliphatic rings. The molecule has 0 aliphatic heterocycles. The maximum atomic E-state index is 13.8. The zero-order valence-electron chi connectivity index (χ0n) is 19.9. The topological polar surface area (TPSA) is 70.6 Å². The molecule has 4 aromatic rings. The second-order valence-electron chi connectivity index (χ2n) is 8.64. The van der Waals surface area contributed by atoms with Gasteiger partial charge in [-0.2, -0.15) is 0 Å². The fourth-order valence-electron chi connectivity index (χ4n) is 4.22. The van der Waals surface area contributed by atoms with Crippen molar-refractivity contribution >= 4 is 16.7 Å². The number of halogens is 2. The van der Waals surface area contributed by atoms with Gasteiger partial charge in [-0.05, 0) is 58.7 Å². The zero-order chi connectivity index (χ0) is 25.5. The van der Waals surface area contributed by atoms with E-state index in [0.717, 1.165) is 28.2 Å². The molecule has 0 spiro atoms. The number of hydrogen-bond donors (Lipinski definition) is 3. The fourth-order valence-corrected chi connectivity index (χ4v) is 4.22. The Morgan fingerprint density at radius 3 is 2.42 bits per heavy atom. The first-order valence-electron chi connectivity index (χ1n) is 11.7. The highest BCUT2D eigenvalue weighted by atomic mass is 19.1. The van der Waals surface area contributed by atoms with Crippen molar-refractivity contribution < 1.29 is 23.4 Å². The van der Waals surface area contributed by atoms with Crippen molar-refractivity contribution in [3.63, 3.8) is 0 Å². The van der Waals surface area contributed by atoms with E-state index in [9.17, 15) is 18.7 Å². The van der Waals surface area contributed by atoms with Crippen LogP contribution in [0.2, 0.25) is 0 Å². The molecule has 0 unspecified atom stereocenters. The molecule has 186 valence electrons. The Kier molecular flexibility index (Phi) is 8.25. The third-order valence-corrected chi connectivity index (χ3v) is 6.01. The lowest BCUT2D eigenvalue weighted by molar-refractivity contribution is 0.0831. The molecule has 3 N–H and O–H groups in total. The van der Waals surface area contributed by atoms with Crippen LogP contribution in [0.4, 0.5) is 8.78 Å². The van der Waals surface area contributed by atoms with Gasteiger partial charge in [0, 0.05) is 24.7 Å². The van der Waals surface area contributed by atoms with Crippen LogP contribution in [-0.2, 0) is 13.0 Å². The SMILES string of the molecule is COc1cccc(CNC[C@@H](O)[C@H](Cc2cc(F)cc(F)c2)NC(=O)c2cccc3ccccc23)c1. The standard InChI is InChI=1S/C29H28F2N2O3/c1-36-24-9-4-6-19(14-24)17-32-18-28(34)27(15-20-12-22(30)16-23(31)13-20)33-29(35)26-11-5-8-21-7-2-3-10-25(21)26/h2-14,16,27-28,32,34H,15,17-18H2,1H3,(H,33,35)/t27-,28+/m0/s1. The zero-order valence-corrected chi connectivity index (χ0v) is 19.9. The van der Waals surface area contributed by atoms with Crippen LogP contribution in [0.3, 0.4) is 0 Å². The molecular formula is C29H28F2N2O3. The predicted molar refractivity (Wildman–Crippen MR) is 136 cm³/mol. The van der Waals surface area contributed by atoms with Gasteiger partial charge < -0.3 is 20.5 Å². The van der Waals surface area contributed by atoms with Crippen molar-refractivity contribution in [3.8, 4) is 5.75 Å². The number of nitrogens with one attached hydrogen (secondary N) is 2. The molecule has 4 aromatic carbocycles. The first kappa shape index (κ1) is 25.3. The van der Waals surface area contributed by atoms with Gasteiger partial charge in [-0.25, -0.2) is 8.78 Å². The molecule has 0 bridgehead atoms. The maximum absolute atomic E-state index is 13.8. The number of benzene rings is 4. The molecule has 0 fully saturated rings. The summed E-state index contributed by atoms with van der Waals surface area (Å²) in [4.78, 5) is 13.3. The number of ether oxygens (including phenoxy) is 1. The van der Waals surface area contributed by atoms with Gasteiger partial charge in [0.2, 0.25) is 0 Å². The number of carbonyl (C=O) groups excluding carboxylic acids is 1. The monoisotopic (exact) mass is 490 g/mol. The number of carbonyl (C=O) groups is 1. The van der Waals surface area contributed by atoms with Gasteiger partial charge >= 0.3 is 0 Å². The molecule has 5 nitrogen and oxygen atoms in total. The van der Waals surface area contributed by atoms with E-state index in [0.29, 0.717) is 17.7 Å². The van der Waals surface area contributed by atoms with Gasteiger partial charge in [-0.3, -0.25) is 4.79 Å². The largest absolute Gasteiger partial charge is 0.497 e. The van der Waals surface area contributed by atoms with Crippen LogP contribution in [0.1, 0.15) is 21.5 Å². The summed E-state index contributed by atoms with van der Waals surface area (Å²) in [5.74, 6) is -1.08. The van der Waals surface area contributed by atoms with E-state index in [4.69, 9.17) is 4.74 Å². The molecule has 0 aromatic heterocycles. The fraction of sp³-hybridized carbons (Fsp3) is 0.207. The van der Waals surface area contributed by atoms with E-state index in [2.05, 4.69) is 10.6 Å². The quantitative estimate of drug-likeness (QED) is 0.304. The van der Waals surface area contributed by atoms with Crippen molar-refractivity contribution in [2.45, 2.75) is 25.1 Å². The van der Waals surface area contributed by atoms with Crippen molar-refractivity contribution in [2.75, 3.05) is 13.7 Å². The summed E-state index contributed by atoms with van der Waals surface area (Å²) in [5.41, 5.74) is 1.76. The first-order chi connectivity index (χ1) is 17.4. The van der Waals surface area contributed by atoms with Crippen LogP contribution < -0.4 is 15.4 Å². The minimum atomic E-state index is -1.03. The van der Waals surface area contributed by atoms with Crippen LogP contribution in [-0.4, -0.2) is 36.8 Å². The minimum absolute atomic E-state index is 0.0488. The molecule has 0 saturated heterocycles. The van der Waals surface area contributed by atoms with Gasteiger partial charge in [0.25, 0.3) is 5.91 Å². The highest BCUT2D eigenvalue weighted by molar-refractivity contribution is 6.07. The number of aliphatic hydroxyl groups excluding tert-OH is 1. The second-order valence-corrected chi connectivity index (χ2v) is 8.64. The summed E-state index contributed by atoms with van der Waals surface area (Å²) < 4.78 is 32.9. The summed E-state index contributed by atoms with van der Waals surface area (Å²) in [7, 11) is 1.59. The summed E-state index contributed by atoms with van der Waals surface area (Å²) in [6.45, 7) is 0.613. The van der Waals surface area contributed by atoms with E-state index in [1.165, 1.54) is 12.1 Å². The Hall–Kier alpha value is -3.81. The minimum Gasteiger partial charge on any atom is -0.497 e. The van der Waals surface area contributed by atoms with Crippen LogP contribution in [0.25, 0.3) is 10.8 Å². The van der Waals surface area contributed by atoms with Crippen LogP contribution in [0.15, 0.2) is 84.9 Å². The Morgan fingerprint density at radius 2 is 1.64 bits per heavy atom. The Labute approximate surface area is 208 Å². The second kappa shape index (κ2) is 11.7. The van der Waals surface area contributed by atoms with Crippen LogP contribution in [0, 0.1) is 11.6 Å². The van der Waals surface area contributed by atoms with Crippen molar-refractivity contribution in [3.05, 3.63) is 113 Å². The number of rotatable bonds is 10. The predicted octanol–water partition coefficient (Wildman–Crippen LogP) is 4.62. The summed E-state index contributed by atoms with van der Waals surface area (Å²) >= 11 is 0. The number of hydrogen-bond acceptors (Lipinski definition) is 4. The molecule has 4 rings (SSSR count). The summed E-state index contributed by atoms with van der Waals surface area (Å²) in [6, 6.07) is 22.9. The lowest BCUT2D eigenvalue weighted by atomic mass is 9.99. The number of aliphatic hydroxyl groups is 1. The molecule has 1 amide bonds. The lowest BCUT2D eigenvalue weighted by Crippen LogP contribution is -2.48. The van der Waals surface area contributed by atoms with Gasteiger partial charge in [0.05, 0.1) is 19.3 Å². The Morgan fingerprint density at radius 1 is 0.917 bits per heavy atom. The maximum Gasteiger partial charge on any atom is 0.252 e. The van der Waals surface area contributed by atoms with E-state index >= 15 is 0 Å². The van der Waals surface area contributed by atoms with Gasteiger partial charge in [0.1, 0.15) is 17.4 Å². The van der Waals surface area contributed by atoms with Crippen molar-refractivity contribution in [1.29, 1.82) is 0 Å². The molecule has 2 atom stereocenters. The molecule has 36 heavy (non-hydrogen) atoms. The van der Waals surface area contributed by atoms with Crippen molar-refractivity contribution in [2.24, 2.45) is 0 Å². The van der Waals surface area contributed by atoms with Gasteiger partial charge in [-0.1, -0.05) is 48.5 Å². The van der Waals surface area contributed by atoms with Gasteiger partial charge in [-0.15, -0.1) is 0 Å². The smallest absolute Gasteiger partial charge is 0.252 e. The number of fused-ring (bicyclic) bond motifs is 1. The van der Waals surface area contributed by atoms with Gasteiger partial charge in [0.15, 0.2) is 0 Å². The van der Waals surface area contributed by atoms with E-state index in [1.807, 2.05) is 54.6 Å². The molecule has 0 radical (unpaired) electrons. The first-order valence-corrected chi connectivity index (χ1v) is 11.7. The third kappa shape index (κ3) is 6.44. The molecule has 0 heterocycles. The van der Waals surface area contributed by atoms with E-state index in [1.54, 1.807) is 19.2 Å². The van der Waals surface area contributed by atoms with Crippen LogP contribution >= 0.6 is 0 Å². The van der Waals surface area contributed by atoms with E-state index < -0.39 is 23.8 Å². The van der Waals surface area contributed by atoms with Crippen LogP contribution in [0.5, 0.6) is 5.75 Å². The number of amides is 1. The Balaban J connectivity index is 1.51. The van der Waals surface area contributed by atoms with E-state index in [-0.39, 0.29) is 18.9 Å². The molecule has 0 saturated carbocycles. The summed E-state index contributed by atoms with van der Waals surface area (Å²) in [5, 5.41) is 18.8. The normalized spacial score (nSPS) is 12.8. The lowest BCUT2D eigenvalue weighted by Gasteiger charge is -2.25. The highest BCUT2D eigenvalue weighted by Gasteiger charge is 2.23. The molecular weight excluding hydrogens is 462 g/mol. The molecule has 0 aliphatic carbocycles. The Bertz CT molecular complexity index is 1320. The highest BCUT2D eigenvalue weighted by Crippen LogP contribution is 2.19. The average molecular weight is 491 g/mol. The molecule has 7 heteroatoms. The average Bonchev–Trinajstić information content (AvgIpc) is 2.87. The van der Waals surface area contributed by atoms with Crippen molar-refractivity contribution in [1.82, 2.24) is 10.6 Å².